The molecule has 1 N–H and O–H groups in total. The highest BCUT2D eigenvalue weighted by atomic mass is 32.1. The summed E-state index contributed by atoms with van der Waals surface area (Å²) in [5.41, 5.74) is 1.43. The number of likely N-dealkylation sites (N-methyl/N-ethyl adjacent to an activating group) is 1. The van der Waals surface area contributed by atoms with Crippen LogP contribution in [0.1, 0.15) is 23.3 Å². The fraction of sp³-hybridized carbons (Fsp3) is 0.667. The second kappa shape index (κ2) is 5.10. The molecule has 1 aromatic heterocycles. The molecule has 0 bridgehead atoms. The number of rotatable bonds is 3. The Morgan fingerprint density at radius 2 is 2.47 bits per heavy atom. The third-order valence-corrected chi connectivity index (χ3v) is 4.17. The van der Waals surface area contributed by atoms with Crippen LogP contribution in [-0.4, -0.2) is 31.1 Å². The average Bonchev–Trinajstić information content (AvgIpc) is 2.61. The number of piperidine rings is 1. The Bertz CT molecular complexity index is 308. The van der Waals surface area contributed by atoms with Crippen molar-refractivity contribution in [2.24, 2.45) is 0 Å². The summed E-state index contributed by atoms with van der Waals surface area (Å²) in [7, 11) is 2.21. The van der Waals surface area contributed by atoms with Crippen molar-refractivity contribution in [3.05, 3.63) is 21.9 Å². The van der Waals surface area contributed by atoms with Crippen molar-refractivity contribution in [2.75, 3.05) is 20.1 Å². The zero-order valence-electron chi connectivity index (χ0n) is 9.62. The lowest BCUT2D eigenvalue weighted by Gasteiger charge is -2.30. The van der Waals surface area contributed by atoms with Gasteiger partial charge >= 0.3 is 0 Å². The summed E-state index contributed by atoms with van der Waals surface area (Å²) in [5, 5.41) is 5.84. The third kappa shape index (κ3) is 3.03. The standard InChI is InChI=1S/C12H20N2S/c1-10-5-7-15-12(10)8-13-11-4-3-6-14(2)9-11/h5,7,11,13H,3-4,6,8-9H2,1-2H3. The molecule has 0 amide bonds. The zero-order chi connectivity index (χ0) is 10.7. The molecule has 1 fully saturated rings. The summed E-state index contributed by atoms with van der Waals surface area (Å²) in [6, 6.07) is 2.89. The Labute approximate surface area is 96.3 Å². The molecule has 2 nitrogen and oxygen atoms in total. The molecular weight excluding hydrogens is 204 g/mol. The summed E-state index contributed by atoms with van der Waals surface area (Å²) >= 11 is 1.86. The highest BCUT2D eigenvalue weighted by Gasteiger charge is 2.16. The minimum absolute atomic E-state index is 0.685. The predicted octanol–water partition coefficient (Wildman–Crippen LogP) is 2.24. The molecule has 84 valence electrons. The monoisotopic (exact) mass is 224 g/mol. The van der Waals surface area contributed by atoms with Gasteiger partial charge in [-0.25, -0.2) is 0 Å². The Hall–Kier alpha value is -0.380. The zero-order valence-corrected chi connectivity index (χ0v) is 10.4. The molecule has 0 spiro atoms. The Morgan fingerprint density at radius 1 is 1.60 bits per heavy atom. The van der Waals surface area contributed by atoms with Crippen LogP contribution in [-0.2, 0) is 6.54 Å². The normalized spacial score (nSPS) is 23.2. The molecule has 1 atom stereocenters. The molecule has 1 unspecified atom stereocenters. The minimum atomic E-state index is 0.685. The van der Waals surface area contributed by atoms with Crippen molar-refractivity contribution in [1.29, 1.82) is 0 Å². The molecule has 2 heterocycles. The first kappa shape index (κ1) is 11.1. The van der Waals surface area contributed by atoms with Crippen LogP contribution >= 0.6 is 11.3 Å². The van der Waals surface area contributed by atoms with Gasteiger partial charge in [-0.2, -0.15) is 0 Å². The van der Waals surface area contributed by atoms with E-state index in [1.807, 2.05) is 11.3 Å². The van der Waals surface area contributed by atoms with Crippen LogP contribution in [0.5, 0.6) is 0 Å². The molecule has 0 aliphatic carbocycles. The van der Waals surface area contributed by atoms with E-state index in [-0.39, 0.29) is 0 Å². The van der Waals surface area contributed by atoms with E-state index in [0.717, 1.165) is 6.54 Å². The van der Waals surface area contributed by atoms with Gasteiger partial charge in [-0.3, -0.25) is 0 Å². The van der Waals surface area contributed by atoms with E-state index in [4.69, 9.17) is 0 Å². The van der Waals surface area contributed by atoms with Gasteiger partial charge in [0.15, 0.2) is 0 Å². The van der Waals surface area contributed by atoms with Crippen molar-refractivity contribution in [3.63, 3.8) is 0 Å². The number of thiophene rings is 1. The number of likely N-dealkylation sites (tertiary alicyclic amines) is 1. The van der Waals surface area contributed by atoms with Gasteiger partial charge in [-0.1, -0.05) is 0 Å². The molecular formula is C12H20N2S. The maximum atomic E-state index is 3.66. The number of nitrogens with zero attached hydrogens (tertiary/aromatic N) is 1. The SMILES string of the molecule is Cc1ccsc1CNC1CCCN(C)C1. The van der Waals surface area contributed by atoms with E-state index in [2.05, 4.69) is 35.6 Å². The summed E-state index contributed by atoms with van der Waals surface area (Å²) in [6.07, 6.45) is 2.66. The maximum Gasteiger partial charge on any atom is 0.0305 e. The fourth-order valence-electron chi connectivity index (χ4n) is 2.16. The van der Waals surface area contributed by atoms with Crippen molar-refractivity contribution in [3.8, 4) is 0 Å². The molecule has 1 saturated heterocycles. The van der Waals surface area contributed by atoms with Crippen LogP contribution in [0, 0.1) is 6.92 Å². The second-order valence-electron chi connectivity index (χ2n) is 4.51. The van der Waals surface area contributed by atoms with Crippen molar-refractivity contribution in [1.82, 2.24) is 10.2 Å². The van der Waals surface area contributed by atoms with Crippen LogP contribution in [0.2, 0.25) is 0 Å². The molecule has 0 aromatic carbocycles. The first-order chi connectivity index (χ1) is 7.25. The van der Waals surface area contributed by atoms with Gasteiger partial charge in [-0.15, -0.1) is 11.3 Å². The summed E-state index contributed by atoms with van der Waals surface area (Å²) in [4.78, 5) is 3.91. The lowest BCUT2D eigenvalue weighted by Crippen LogP contribution is -2.43. The number of hydrogen-bond donors (Lipinski definition) is 1. The smallest absolute Gasteiger partial charge is 0.0305 e. The Morgan fingerprint density at radius 3 is 3.13 bits per heavy atom. The first-order valence-electron chi connectivity index (χ1n) is 5.70. The van der Waals surface area contributed by atoms with Gasteiger partial charge in [0.05, 0.1) is 0 Å². The topological polar surface area (TPSA) is 15.3 Å². The summed E-state index contributed by atoms with van der Waals surface area (Å²) in [5.74, 6) is 0. The van der Waals surface area contributed by atoms with Crippen LogP contribution in [0.15, 0.2) is 11.4 Å². The predicted molar refractivity (Wildman–Crippen MR) is 66.4 cm³/mol. The second-order valence-corrected chi connectivity index (χ2v) is 5.51. The quantitative estimate of drug-likeness (QED) is 0.847. The molecule has 0 saturated carbocycles. The van der Waals surface area contributed by atoms with Gasteiger partial charge in [0.1, 0.15) is 0 Å². The van der Waals surface area contributed by atoms with Gasteiger partial charge in [-0.05, 0) is 50.4 Å². The van der Waals surface area contributed by atoms with Crippen molar-refractivity contribution < 1.29 is 0 Å². The molecule has 15 heavy (non-hydrogen) atoms. The molecule has 2 rings (SSSR count). The van der Waals surface area contributed by atoms with E-state index in [9.17, 15) is 0 Å². The Balaban J connectivity index is 1.80. The van der Waals surface area contributed by atoms with E-state index < -0.39 is 0 Å². The average molecular weight is 224 g/mol. The first-order valence-corrected chi connectivity index (χ1v) is 6.58. The third-order valence-electron chi connectivity index (χ3n) is 3.14. The lowest BCUT2D eigenvalue weighted by atomic mass is 10.1. The van der Waals surface area contributed by atoms with Crippen molar-refractivity contribution in [2.45, 2.75) is 32.4 Å². The minimum Gasteiger partial charge on any atom is -0.308 e. The van der Waals surface area contributed by atoms with E-state index in [0.29, 0.717) is 6.04 Å². The van der Waals surface area contributed by atoms with Gasteiger partial charge in [0, 0.05) is 24.0 Å². The molecule has 3 heteroatoms. The molecule has 1 aliphatic rings. The van der Waals surface area contributed by atoms with Crippen LogP contribution in [0.3, 0.4) is 0 Å². The number of nitrogens with one attached hydrogen (secondary N) is 1. The van der Waals surface area contributed by atoms with Gasteiger partial charge < -0.3 is 10.2 Å². The van der Waals surface area contributed by atoms with E-state index >= 15 is 0 Å². The van der Waals surface area contributed by atoms with E-state index in [1.54, 1.807) is 0 Å². The highest BCUT2D eigenvalue weighted by molar-refractivity contribution is 7.10. The summed E-state index contributed by atoms with van der Waals surface area (Å²) in [6.45, 7) is 5.70. The number of hydrogen-bond acceptors (Lipinski definition) is 3. The van der Waals surface area contributed by atoms with Crippen LogP contribution in [0.4, 0.5) is 0 Å². The maximum absolute atomic E-state index is 3.66. The number of aryl methyl sites for hydroxylation is 1. The highest BCUT2D eigenvalue weighted by Crippen LogP contribution is 2.16. The summed E-state index contributed by atoms with van der Waals surface area (Å²) < 4.78 is 0. The largest absolute Gasteiger partial charge is 0.308 e. The van der Waals surface area contributed by atoms with Crippen molar-refractivity contribution >= 4 is 11.3 Å². The fourth-order valence-corrected chi connectivity index (χ4v) is 3.01. The molecule has 1 aromatic rings. The van der Waals surface area contributed by atoms with E-state index in [1.165, 1.54) is 36.4 Å². The molecule has 1 aliphatic heterocycles. The Kier molecular flexibility index (Phi) is 3.78. The molecule has 0 radical (unpaired) electrons. The van der Waals surface area contributed by atoms with Gasteiger partial charge in [0.25, 0.3) is 0 Å². The lowest BCUT2D eigenvalue weighted by molar-refractivity contribution is 0.227. The van der Waals surface area contributed by atoms with Gasteiger partial charge in [0.2, 0.25) is 0 Å². The van der Waals surface area contributed by atoms with Crippen LogP contribution in [0.25, 0.3) is 0 Å². The van der Waals surface area contributed by atoms with Crippen LogP contribution < -0.4 is 5.32 Å².